The summed E-state index contributed by atoms with van der Waals surface area (Å²) in [6.45, 7) is 3.05. The monoisotopic (exact) mass is 207 g/mol. The molecular formula is C11H14FN3. The summed E-state index contributed by atoms with van der Waals surface area (Å²) in [6.07, 6.45) is 0. The van der Waals surface area contributed by atoms with E-state index in [4.69, 9.17) is 11.0 Å². The molecule has 0 spiro atoms. The number of benzene rings is 1. The van der Waals surface area contributed by atoms with E-state index in [9.17, 15) is 4.39 Å². The molecule has 1 aromatic carbocycles. The van der Waals surface area contributed by atoms with Gasteiger partial charge in [-0.3, -0.25) is 0 Å². The summed E-state index contributed by atoms with van der Waals surface area (Å²) in [7, 11) is 0. The van der Waals surface area contributed by atoms with E-state index in [-0.39, 0.29) is 5.82 Å². The van der Waals surface area contributed by atoms with Crippen LogP contribution in [0, 0.1) is 17.1 Å². The highest BCUT2D eigenvalue weighted by molar-refractivity contribution is 5.46. The molecule has 3 nitrogen and oxygen atoms in total. The van der Waals surface area contributed by atoms with Crippen LogP contribution in [0.2, 0.25) is 0 Å². The van der Waals surface area contributed by atoms with Gasteiger partial charge in [-0.1, -0.05) is 6.07 Å². The van der Waals surface area contributed by atoms with Crippen LogP contribution in [0.3, 0.4) is 0 Å². The highest BCUT2D eigenvalue weighted by atomic mass is 19.1. The molecule has 0 aliphatic heterocycles. The molecule has 2 N–H and O–H groups in total. The van der Waals surface area contributed by atoms with Crippen molar-refractivity contribution in [3.63, 3.8) is 0 Å². The van der Waals surface area contributed by atoms with Crippen LogP contribution >= 0.6 is 0 Å². The molecule has 0 aromatic heterocycles. The fourth-order valence-electron chi connectivity index (χ4n) is 1.37. The minimum absolute atomic E-state index is 0.281. The fourth-order valence-corrected chi connectivity index (χ4v) is 1.37. The number of rotatable bonds is 4. The molecule has 0 amide bonds. The zero-order valence-corrected chi connectivity index (χ0v) is 8.65. The number of hydrogen-bond acceptors (Lipinski definition) is 3. The molecular weight excluding hydrogens is 193 g/mol. The van der Waals surface area contributed by atoms with Crippen molar-refractivity contribution in [2.75, 3.05) is 18.0 Å². The molecule has 15 heavy (non-hydrogen) atoms. The molecule has 80 valence electrons. The normalized spacial score (nSPS) is 11.9. The van der Waals surface area contributed by atoms with Crippen LogP contribution in [0.25, 0.3) is 0 Å². The number of halogens is 1. The SMILES string of the molecule is CCN(CC(N)C#N)c1cccc(F)c1. The molecule has 0 saturated carbocycles. The third kappa shape index (κ3) is 3.22. The summed E-state index contributed by atoms with van der Waals surface area (Å²) >= 11 is 0. The number of nitrogens with zero attached hydrogens (tertiary/aromatic N) is 2. The maximum Gasteiger partial charge on any atom is 0.125 e. The molecule has 1 unspecified atom stereocenters. The molecule has 1 atom stereocenters. The van der Waals surface area contributed by atoms with Crippen molar-refractivity contribution in [1.82, 2.24) is 0 Å². The third-order valence-electron chi connectivity index (χ3n) is 2.14. The van der Waals surface area contributed by atoms with E-state index in [2.05, 4.69) is 0 Å². The van der Waals surface area contributed by atoms with E-state index in [0.29, 0.717) is 13.1 Å². The summed E-state index contributed by atoms with van der Waals surface area (Å²) in [6, 6.07) is 7.68. The lowest BCUT2D eigenvalue weighted by atomic mass is 10.2. The second kappa shape index (κ2) is 5.32. The number of hydrogen-bond donors (Lipinski definition) is 1. The lowest BCUT2D eigenvalue weighted by Gasteiger charge is -2.23. The quantitative estimate of drug-likeness (QED) is 0.814. The molecule has 0 radical (unpaired) electrons. The Morgan fingerprint density at radius 1 is 1.60 bits per heavy atom. The molecule has 1 aromatic rings. The topological polar surface area (TPSA) is 53.0 Å². The smallest absolute Gasteiger partial charge is 0.125 e. The number of likely N-dealkylation sites (N-methyl/N-ethyl adjacent to an activating group) is 1. The lowest BCUT2D eigenvalue weighted by molar-refractivity contribution is 0.626. The predicted molar refractivity (Wildman–Crippen MR) is 57.9 cm³/mol. The average Bonchev–Trinajstić information content (AvgIpc) is 2.25. The maximum absolute atomic E-state index is 13.0. The van der Waals surface area contributed by atoms with E-state index < -0.39 is 6.04 Å². The third-order valence-corrected chi connectivity index (χ3v) is 2.14. The van der Waals surface area contributed by atoms with E-state index >= 15 is 0 Å². The zero-order valence-electron chi connectivity index (χ0n) is 8.65. The Morgan fingerprint density at radius 2 is 2.33 bits per heavy atom. The van der Waals surface area contributed by atoms with Gasteiger partial charge >= 0.3 is 0 Å². The summed E-state index contributed by atoms with van der Waals surface area (Å²) < 4.78 is 13.0. The lowest BCUT2D eigenvalue weighted by Crippen LogP contribution is -2.36. The number of nitrogens with two attached hydrogens (primary N) is 1. The van der Waals surface area contributed by atoms with Crippen molar-refractivity contribution in [3.8, 4) is 6.07 Å². The van der Waals surface area contributed by atoms with Crippen LogP contribution in [0.15, 0.2) is 24.3 Å². The average molecular weight is 207 g/mol. The van der Waals surface area contributed by atoms with Crippen molar-refractivity contribution in [2.45, 2.75) is 13.0 Å². The summed E-state index contributed by atoms with van der Waals surface area (Å²) in [5, 5.41) is 8.60. The summed E-state index contributed by atoms with van der Waals surface area (Å²) in [4.78, 5) is 1.87. The largest absolute Gasteiger partial charge is 0.369 e. The Bertz CT molecular complexity index is 359. The van der Waals surface area contributed by atoms with Crippen LogP contribution in [-0.4, -0.2) is 19.1 Å². The second-order valence-corrected chi connectivity index (χ2v) is 3.25. The highest BCUT2D eigenvalue weighted by Crippen LogP contribution is 2.15. The molecule has 0 fully saturated rings. The van der Waals surface area contributed by atoms with Gasteiger partial charge in [-0.2, -0.15) is 5.26 Å². The zero-order chi connectivity index (χ0) is 11.3. The van der Waals surface area contributed by atoms with Crippen LogP contribution < -0.4 is 10.6 Å². The van der Waals surface area contributed by atoms with Crippen molar-refractivity contribution < 1.29 is 4.39 Å². The van der Waals surface area contributed by atoms with Gasteiger partial charge in [0.2, 0.25) is 0 Å². The van der Waals surface area contributed by atoms with Crippen molar-refractivity contribution in [3.05, 3.63) is 30.1 Å². The maximum atomic E-state index is 13.0. The predicted octanol–water partition coefficient (Wildman–Crippen LogP) is 1.50. The fraction of sp³-hybridized carbons (Fsp3) is 0.364. The van der Waals surface area contributed by atoms with Crippen LogP contribution in [0.4, 0.5) is 10.1 Å². The molecule has 0 saturated heterocycles. The minimum atomic E-state index is -0.548. The van der Waals surface area contributed by atoms with Crippen molar-refractivity contribution >= 4 is 5.69 Å². The first-order chi connectivity index (χ1) is 7.17. The Morgan fingerprint density at radius 3 is 2.87 bits per heavy atom. The summed E-state index contributed by atoms with van der Waals surface area (Å²) in [5.41, 5.74) is 6.28. The Balaban J connectivity index is 2.79. The van der Waals surface area contributed by atoms with Crippen molar-refractivity contribution in [2.24, 2.45) is 5.73 Å². The van der Waals surface area contributed by atoms with Gasteiger partial charge in [0.15, 0.2) is 0 Å². The van der Waals surface area contributed by atoms with E-state index in [1.165, 1.54) is 12.1 Å². The van der Waals surface area contributed by atoms with Crippen molar-refractivity contribution in [1.29, 1.82) is 5.26 Å². The van der Waals surface area contributed by atoms with Crippen LogP contribution in [0.1, 0.15) is 6.92 Å². The van der Waals surface area contributed by atoms with Crippen LogP contribution in [0.5, 0.6) is 0 Å². The van der Waals surface area contributed by atoms with E-state index in [1.807, 2.05) is 17.9 Å². The Kier molecular flexibility index (Phi) is 4.07. The first-order valence-electron chi connectivity index (χ1n) is 4.83. The second-order valence-electron chi connectivity index (χ2n) is 3.25. The summed E-state index contributed by atoms with van der Waals surface area (Å²) in [5.74, 6) is -0.281. The Hall–Kier alpha value is -1.60. The standard InChI is InChI=1S/C11H14FN3/c1-2-15(8-10(14)7-13)11-5-3-4-9(12)6-11/h3-6,10H,2,8,14H2,1H3. The molecule has 0 aliphatic carbocycles. The van der Waals surface area contributed by atoms with E-state index in [0.717, 1.165) is 5.69 Å². The van der Waals surface area contributed by atoms with Gasteiger partial charge in [0.25, 0.3) is 0 Å². The van der Waals surface area contributed by atoms with Gasteiger partial charge in [-0.05, 0) is 25.1 Å². The van der Waals surface area contributed by atoms with Crippen LogP contribution in [-0.2, 0) is 0 Å². The molecule has 0 aliphatic rings. The first kappa shape index (κ1) is 11.5. The molecule has 1 rings (SSSR count). The Labute approximate surface area is 88.9 Å². The molecule has 0 heterocycles. The number of nitriles is 1. The van der Waals surface area contributed by atoms with Gasteiger partial charge in [0.1, 0.15) is 11.9 Å². The van der Waals surface area contributed by atoms with Gasteiger partial charge in [0.05, 0.1) is 6.07 Å². The van der Waals surface area contributed by atoms with E-state index in [1.54, 1.807) is 12.1 Å². The number of anilines is 1. The minimum Gasteiger partial charge on any atom is -0.369 e. The first-order valence-corrected chi connectivity index (χ1v) is 4.83. The van der Waals surface area contributed by atoms with Gasteiger partial charge in [-0.25, -0.2) is 4.39 Å². The van der Waals surface area contributed by atoms with Gasteiger partial charge in [0, 0.05) is 18.8 Å². The van der Waals surface area contributed by atoms with Gasteiger partial charge < -0.3 is 10.6 Å². The highest BCUT2D eigenvalue weighted by Gasteiger charge is 2.09. The van der Waals surface area contributed by atoms with Gasteiger partial charge in [-0.15, -0.1) is 0 Å². The molecule has 4 heteroatoms. The molecule has 0 bridgehead atoms.